The first-order chi connectivity index (χ1) is 8.06. The Bertz CT molecular complexity index is 707. The largest absolute Gasteiger partial charge is 0.365 e. The van der Waals surface area contributed by atoms with E-state index in [0.29, 0.717) is 20.7 Å². The summed E-state index contributed by atoms with van der Waals surface area (Å²) in [5, 5.41) is 8.93. The maximum Gasteiger partial charge on any atom is 0.263 e. The first-order valence-corrected chi connectivity index (χ1v) is 5.53. The minimum atomic E-state index is -0.572. The quantitative estimate of drug-likeness (QED) is 0.830. The second-order valence-corrected chi connectivity index (χ2v) is 4.44. The summed E-state index contributed by atoms with van der Waals surface area (Å²) in [6.07, 6.45) is 1.30. The Hall–Kier alpha value is -2.20. The Morgan fingerprint density at radius 3 is 3.00 bits per heavy atom. The third-order valence-corrected chi connectivity index (χ3v) is 3.60. The lowest BCUT2D eigenvalue weighted by Gasteiger charge is -1.98. The SMILES string of the molecule is Cc1c(C(N)=O)sc2ncn(CC#N)c(=O)c12. The molecule has 0 aliphatic heterocycles. The van der Waals surface area contributed by atoms with E-state index in [4.69, 9.17) is 11.0 Å². The van der Waals surface area contributed by atoms with E-state index < -0.39 is 5.91 Å². The highest BCUT2D eigenvalue weighted by atomic mass is 32.1. The van der Waals surface area contributed by atoms with Crippen molar-refractivity contribution in [3.05, 3.63) is 27.1 Å². The van der Waals surface area contributed by atoms with Gasteiger partial charge >= 0.3 is 0 Å². The summed E-state index contributed by atoms with van der Waals surface area (Å²) in [7, 11) is 0. The predicted octanol–water partition coefficient (Wildman–Crippen LogP) is 0.389. The number of nitriles is 1. The van der Waals surface area contributed by atoms with Gasteiger partial charge in [-0.1, -0.05) is 0 Å². The molecule has 0 aliphatic rings. The second kappa shape index (κ2) is 3.99. The van der Waals surface area contributed by atoms with Gasteiger partial charge in [-0.15, -0.1) is 11.3 Å². The number of nitrogens with two attached hydrogens (primary N) is 1. The van der Waals surface area contributed by atoms with E-state index in [0.717, 1.165) is 11.3 Å². The number of amides is 1. The fourth-order valence-electron chi connectivity index (χ4n) is 1.58. The zero-order valence-corrected chi connectivity index (χ0v) is 9.74. The molecule has 86 valence electrons. The molecule has 2 rings (SSSR count). The van der Waals surface area contributed by atoms with E-state index in [1.54, 1.807) is 6.92 Å². The van der Waals surface area contributed by atoms with Crippen LogP contribution in [-0.2, 0) is 6.54 Å². The summed E-state index contributed by atoms with van der Waals surface area (Å²) >= 11 is 1.09. The number of rotatable bonds is 2. The van der Waals surface area contributed by atoms with Crippen molar-refractivity contribution < 1.29 is 4.79 Å². The van der Waals surface area contributed by atoms with Crippen molar-refractivity contribution in [2.24, 2.45) is 5.73 Å². The van der Waals surface area contributed by atoms with Crippen LogP contribution in [0.2, 0.25) is 0 Å². The molecule has 1 amide bonds. The van der Waals surface area contributed by atoms with Crippen LogP contribution in [-0.4, -0.2) is 15.5 Å². The molecular weight excluding hydrogens is 240 g/mol. The molecular formula is C10H8N4O2S. The number of fused-ring (bicyclic) bond motifs is 1. The van der Waals surface area contributed by atoms with Gasteiger partial charge in [0.25, 0.3) is 11.5 Å². The molecule has 0 aliphatic carbocycles. The van der Waals surface area contributed by atoms with Crippen molar-refractivity contribution in [3.8, 4) is 6.07 Å². The molecule has 0 bridgehead atoms. The Labute approximate surface area is 99.9 Å². The van der Waals surface area contributed by atoms with Gasteiger partial charge in [0.2, 0.25) is 0 Å². The molecule has 0 fully saturated rings. The Balaban J connectivity index is 2.82. The van der Waals surface area contributed by atoms with Crippen molar-refractivity contribution in [1.82, 2.24) is 9.55 Å². The van der Waals surface area contributed by atoms with E-state index in [-0.39, 0.29) is 12.1 Å². The van der Waals surface area contributed by atoms with Crippen LogP contribution in [0.4, 0.5) is 0 Å². The lowest BCUT2D eigenvalue weighted by Crippen LogP contribution is -2.20. The van der Waals surface area contributed by atoms with Crippen molar-refractivity contribution in [2.75, 3.05) is 0 Å². The Morgan fingerprint density at radius 1 is 1.71 bits per heavy atom. The van der Waals surface area contributed by atoms with Crippen LogP contribution in [0.25, 0.3) is 10.2 Å². The maximum atomic E-state index is 12.0. The Kier molecular flexibility index (Phi) is 2.65. The van der Waals surface area contributed by atoms with Crippen molar-refractivity contribution >= 4 is 27.5 Å². The smallest absolute Gasteiger partial charge is 0.263 e. The van der Waals surface area contributed by atoms with Gasteiger partial charge in [-0.2, -0.15) is 5.26 Å². The number of thiophene rings is 1. The zero-order valence-electron chi connectivity index (χ0n) is 8.93. The summed E-state index contributed by atoms with van der Waals surface area (Å²) in [5.74, 6) is -0.572. The molecule has 2 aromatic heterocycles. The molecule has 0 radical (unpaired) electrons. The van der Waals surface area contributed by atoms with Crippen molar-refractivity contribution in [3.63, 3.8) is 0 Å². The molecule has 6 nitrogen and oxygen atoms in total. The average molecular weight is 248 g/mol. The lowest BCUT2D eigenvalue weighted by atomic mass is 10.2. The number of carbonyl (C=O) groups is 1. The van der Waals surface area contributed by atoms with E-state index in [2.05, 4.69) is 4.98 Å². The van der Waals surface area contributed by atoms with Crippen LogP contribution in [0.3, 0.4) is 0 Å². The molecule has 0 saturated carbocycles. The summed E-state index contributed by atoms with van der Waals surface area (Å²) in [5.41, 5.74) is 5.42. The number of primary amides is 1. The highest BCUT2D eigenvalue weighted by molar-refractivity contribution is 7.20. The molecule has 2 heterocycles. The number of nitrogens with zero attached hydrogens (tertiary/aromatic N) is 3. The highest BCUT2D eigenvalue weighted by Gasteiger charge is 2.17. The Morgan fingerprint density at radius 2 is 2.41 bits per heavy atom. The van der Waals surface area contributed by atoms with Gasteiger partial charge < -0.3 is 5.73 Å². The number of hydrogen-bond donors (Lipinski definition) is 1. The van der Waals surface area contributed by atoms with Crippen LogP contribution in [0.1, 0.15) is 15.2 Å². The lowest BCUT2D eigenvalue weighted by molar-refractivity contribution is 0.100. The minimum Gasteiger partial charge on any atom is -0.365 e. The normalized spacial score (nSPS) is 10.4. The molecule has 0 aromatic carbocycles. The fraction of sp³-hybridized carbons (Fsp3) is 0.200. The van der Waals surface area contributed by atoms with Gasteiger partial charge in [-0.05, 0) is 12.5 Å². The molecule has 0 atom stereocenters. The molecule has 17 heavy (non-hydrogen) atoms. The van der Waals surface area contributed by atoms with E-state index in [1.165, 1.54) is 10.9 Å². The average Bonchev–Trinajstić information content (AvgIpc) is 2.61. The molecule has 7 heteroatoms. The minimum absolute atomic E-state index is 0.0665. The molecule has 0 saturated heterocycles. The first-order valence-electron chi connectivity index (χ1n) is 4.71. The molecule has 2 aromatic rings. The van der Waals surface area contributed by atoms with Gasteiger partial charge in [0, 0.05) is 0 Å². The van der Waals surface area contributed by atoms with Crippen LogP contribution in [0, 0.1) is 18.3 Å². The number of carbonyl (C=O) groups excluding carboxylic acids is 1. The molecule has 0 unspecified atom stereocenters. The van der Waals surface area contributed by atoms with E-state index >= 15 is 0 Å². The summed E-state index contributed by atoms with van der Waals surface area (Å²) in [6, 6.07) is 1.87. The topological polar surface area (TPSA) is 102 Å². The second-order valence-electron chi connectivity index (χ2n) is 3.44. The van der Waals surface area contributed by atoms with E-state index in [1.807, 2.05) is 6.07 Å². The summed E-state index contributed by atoms with van der Waals surface area (Å²) < 4.78 is 1.20. The van der Waals surface area contributed by atoms with Crippen LogP contribution < -0.4 is 11.3 Å². The summed E-state index contributed by atoms with van der Waals surface area (Å²) in [4.78, 5) is 28.0. The van der Waals surface area contributed by atoms with E-state index in [9.17, 15) is 9.59 Å². The number of aryl methyl sites for hydroxylation is 1. The van der Waals surface area contributed by atoms with Crippen molar-refractivity contribution in [1.29, 1.82) is 5.26 Å². The first kappa shape index (κ1) is 11.3. The number of aromatic nitrogens is 2. The summed E-state index contributed by atoms with van der Waals surface area (Å²) in [6.45, 7) is 1.59. The predicted molar refractivity (Wildman–Crippen MR) is 62.7 cm³/mol. The van der Waals surface area contributed by atoms with Gasteiger partial charge in [0.15, 0.2) is 0 Å². The standard InChI is InChI=1S/C10H8N4O2S/c1-5-6-9(17-7(5)8(12)15)13-4-14(3-2-11)10(6)16/h4H,3H2,1H3,(H2,12,15). The van der Waals surface area contributed by atoms with Crippen molar-refractivity contribution in [2.45, 2.75) is 13.5 Å². The third kappa shape index (κ3) is 1.68. The molecule has 0 spiro atoms. The molecule has 2 N–H and O–H groups in total. The number of hydrogen-bond acceptors (Lipinski definition) is 5. The zero-order chi connectivity index (χ0) is 12.6. The van der Waals surface area contributed by atoms with Gasteiger partial charge in [0.05, 0.1) is 16.3 Å². The monoisotopic (exact) mass is 248 g/mol. The third-order valence-electron chi connectivity index (χ3n) is 2.38. The highest BCUT2D eigenvalue weighted by Crippen LogP contribution is 2.25. The van der Waals surface area contributed by atoms with Gasteiger partial charge in [-0.3, -0.25) is 14.2 Å². The van der Waals surface area contributed by atoms with Gasteiger partial charge in [-0.25, -0.2) is 4.98 Å². The fourth-order valence-corrected chi connectivity index (χ4v) is 2.57. The van der Waals surface area contributed by atoms with Crippen LogP contribution >= 0.6 is 11.3 Å². The van der Waals surface area contributed by atoms with Crippen LogP contribution in [0.5, 0.6) is 0 Å². The maximum absolute atomic E-state index is 12.0. The van der Waals surface area contributed by atoms with Gasteiger partial charge in [0.1, 0.15) is 17.7 Å². The van der Waals surface area contributed by atoms with Crippen LogP contribution in [0.15, 0.2) is 11.1 Å².